The number of nitrogens with one attached hydrogen (secondary N) is 2. The second-order valence-corrected chi connectivity index (χ2v) is 9.57. The maximum absolute atomic E-state index is 13.2. The van der Waals surface area contributed by atoms with E-state index in [9.17, 15) is 9.59 Å². The number of nitrogens with zero attached hydrogens (tertiary/aromatic N) is 1. The Kier molecular flexibility index (Phi) is 6.50. The van der Waals surface area contributed by atoms with Gasteiger partial charge >= 0.3 is 0 Å². The number of hydrogen-bond acceptors (Lipinski definition) is 3. The van der Waals surface area contributed by atoms with Crippen LogP contribution in [-0.4, -0.2) is 37.2 Å². The topological polar surface area (TPSA) is 64.8 Å². The van der Waals surface area contributed by atoms with Gasteiger partial charge in [-0.2, -0.15) is 0 Å². The predicted molar refractivity (Wildman–Crippen MR) is 133 cm³/mol. The van der Waals surface area contributed by atoms with Crippen molar-refractivity contribution in [1.29, 1.82) is 0 Å². The molecule has 2 aliphatic heterocycles. The summed E-state index contributed by atoms with van der Waals surface area (Å²) in [6.07, 6.45) is 3.45. The lowest BCUT2D eigenvalue weighted by atomic mass is 9.83. The zero-order valence-electron chi connectivity index (χ0n) is 19.6. The minimum atomic E-state index is -0.287. The van der Waals surface area contributed by atoms with Crippen LogP contribution in [0.1, 0.15) is 40.4 Å². The zero-order chi connectivity index (χ0) is 23.5. The van der Waals surface area contributed by atoms with Crippen LogP contribution in [0.3, 0.4) is 0 Å². The number of aromatic nitrogens is 1. The molecule has 2 bridgehead atoms. The first kappa shape index (κ1) is 22.4. The number of piperidine rings is 1. The number of amides is 1. The summed E-state index contributed by atoms with van der Waals surface area (Å²) in [6.45, 7) is 4.09. The van der Waals surface area contributed by atoms with E-state index >= 15 is 0 Å². The van der Waals surface area contributed by atoms with Crippen molar-refractivity contribution in [2.24, 2.45) is 5.92 Å². The first-order valence-corrected chi connectivity index (χ1v) is 12.2. The molecule has 0 aliphatic carbocycles. The fourth-order valence-corrected chi connectivity index (χ4v) is 5.59. The Bertz CT molecular complexity index is 1200. The number of likely N-dealkylation sites (tertiary alicyclic amines) is 1. The Morgan fingerprint density at radius 3 is 2.62 bits per heavy atom. The van der Waals surface area contributed by atoms with Crippen molar-refractivity contribution in [1.82, 2.24) is 4.57 Å². The molecule has 0 spiro atoms. The highest BCUT2D eigenvalue weighted by atomic mass is 16.5. The van der Waals surface area contributed by atoms with Crippen molar-refractivity contribution in [2.45, 2.75) is 31.7 Å². The van der Waals surface area contributed by atoms with Crippen LogP contribution in [-0.2, 0) is 13.0 Å². The third-order valence-corrected chi connectivity index (χ3v) is 7.24. The van der Waals surface area contributed by atoms with E-state index in [0.29, 0.717) is 28.8 Å². The van der Waals surface area contributed by atoms with Crippen LogP contribution >= 0.6 is 0 Å². The number of carbonyl (C=O) groups is 1. The lowest BCUT2D eigenvalue weighted by Crippen LogP contribution is -3.14. The third-order valence-electron chi connectivity index (χ3n) is 7.24. The number of fused-ring (bicyclic) bond motifs is 4. The summed E-state index contributed by atoms with van der Waals surface area (Å²) in [7, 11) is 1.59. The van der Waals surface area contributed by atoms with Crippen LogP contribution in [0.5, 0.6) is 5.75 Å². The summed E-state index contributed by atoms with van der Waals surface area (Å²) < 4.78 is 7.05. The second kappa shape index (κ2) is 9.85. The zero-order valence-corrected chi connectivity index (χ0v) is 19.6. The molecule has 2 aliphatic rings. The van der Waals surface area contributed by atoms with Crippen molar-refractivity contribution < 1.29 is 14.4 Å². The van der Waals surface area contributed by atoms with E-state index in [-0.39, 0.29) is 11.5 Å². The van der Waals surface area contributed by atoms with Crippen LogP contribution in [0.4, 0.5) is 5.69 Å². The largest absolute Gasteiger partial charge is 0.497 e. The van der Waals surface area contributed by atoms with Crippen LogP contribution in [0, 0.1) is 5.92 Å². The lowest BCUT2D eigenvalue weighted by Gasteiger charge is -2.40. The molecule has 5 rings (SSSR count). The average Bonchev–Trinajstić information content (AvgIpc) is 2.86. The number of anilines is 1. The van der Waals surface area contributed by atoms with E-state index in [1.54, 1.807) is 42.3 Å². The van der Waals surface area contributed by atoms with E-state index < -0.39 is 0 Å². The van der Waals surface area contributed by atoms with Crippen molar-refractivity contribution >= 4 is 11.6 Å². The summed E-state index contributed by atoms with van der Waals surface area (Å²) in [4.78, 5) is 27.6. The third kappa shape index (κ3) is 4.77. The van der Waals surface area contributed by atoms with E-state index in [0.717, 1.165) is 38.2 Å². The molecule has 3 heterocycles. The van der Waals surface area contributed by atoms with Crippen LogP contribution < -0.4 is 20.5 Å². The highest BCUT2D eigenvalue weighted by Gasteiger charge is 2.37. The molecule has 6 heteroatoms. The molecule has 34 heavy (non-hydrogen) atoms. The van der Waals surface area contributed by atoms with Gasteiger partial charge in [-0.25, -0.2) is 0 Å². The van der Waals surface area contributed by atoms with Crippen molar-refractivity contribution in [3.05, 3.63) is 93.9 Å². The van der Waals surface area contributed by atoms with E-state index in [4.69, 9.17) is 4.74 Å². The molecule has 3 atom stereocenters. The van der Waals surface area contributed by atoms with E-state index in [1.165, 1.54) is 18.5 Å². The molecule has 3 aromatic rings. The summed E-state index contributed by atoms with van der Waals surface area (Å²) in [5.74, 6) is 1.31. The van der Waals surface area contributed by atoms with Gasteiger partial charge in [0.25, 0.3) is 11.5 Å². The Labute approximate surface area is 200 Å². The number of methoxy groups -OCH3 is 1. The van der Waals surface area contributed by atoms with Gasteiger partial charge < -0.3 is 19.5 Å². The molecule has 1 unspecified atom stereocenters. The number of quaternary nitrogens is 1. The fraction of sp³-hybridized carbons (Fsp3) is 0.357. The molecule has 0 radical (unpaired) electrons. The Morgan fingerprint density at radius 1 is 1.06 bits per heavy atom. The molecule has 1 fully saturated rings. The SMILES string of the molecule is COc1ccc(C(=O)Nc2ccc3n(c2=O)C[C@H]2C[C@@H]3C[NH+](CCCc3ccccc3)C2)cc1. The highest BCUT2D eigenvalue weighted by molar-refractivity contribution is 6.04. The number of hydrogen-bond donors (Lipinski definition) is 2. The van der Waals surface area contributed by atoms with Gasteiger partial charge in [-0.1, -0.05) is 30.3 Å². The maximum atomic E-state index is 13.2. The summed E-state index contributed by atoms with van der Waals surface area (Å²) in [5, 5.41) is 2.81. The molecule has 1 saturated heterocycles. The van der Waals surface area contributed by atoms with Gasteiger partial charge in [0.05, 0.1) is 26.7 Å². The quantitative estimate of drug-likeness (QED) is 0.572. The Morgan fingerprint density at radius 2 is 1.85 bits per heavy atom. The molecule has 0 saturated carbocycles. The summed E-state index contributed by atoms with van der Waals surface area (Å²) >= 11 is 0. The Balaban J connectivity index is 1.25. The molecule has 6 nitrogen and oxygen atoms in total. The molecule has 1 aromatic heterocycles. The smallest absolute Gasteiger partial charge is 0.274 e. The monoisotopic (exact) mass is 458 g/mol. The number of aryl methyl sites for hydroxylation is 1. The molecule has 2 aromatic carbocycles. The first-order valence-electron chi connectivity index (χ1n) is 12.2. The van der Waals surface area contributed by atoms with Gasteiger partial charge in [0.1, 0.15) is 11.4 Å². The minimum Gasteiger partial charge on any atom is -0.497 e. The number of carbonyl (C=O) groups excluding carboxylic acids is 1. The first-order chi connectivity index (χ1) is 16.6. The van der Waals surface area contributed by atoms with Gasteiger partial charge in [-0.3, -0.25) is 9.59 Å². The number of benzene rings is 2. The second-order valence-electron chi connectivity index (χ2n) is 9.57. The summed E-state index contributed by atoms with van der Waals surface area (Å²) in [6, 6.07) is 21.4. The van der Waals surface area contributed by atoms with E-state index in [1.807, 2.05) is 10.6 Å². The van der Waals surface area contributed by atoms with Crippen molar-refractivity contribution in [2.75, 3.05) is 32.1 Å². The molecular weight excluding hydrogens is 426 g/mol. The van der Waals surface area contributed by atoms with E-state index in [2.05, 4.69) is 35.6 Å². The van der Waals surface area contributed by atoms with Gasteiger partial charge in [0.2, 0.25) is 0 Å². The lowest BCUT2D eigenvalue weighted by molar-refractivity contribution is -0.911. The molecule has 2 N–H and O–H groups in total. The standard InChI is InChI=1S/C28H31N3O3/c1-34-24-11-9-22(10-12-24)27(32)29-25-13-14-26-23-16-21(18-31(26)28(25)33)17-30(19-23)15-5-8-20-6-3-2-4-7-20/h2-4,6-7,9-14,21,23H,5,8,15-19H2,1H3,(H,29,32)/p+1/t21-,23+/m0/s1. The molecule has 176 valence electrons. The number of rotatable bonds is 7. The normalized spacial score (nSPS) is 20.9. The van der Waals surface area contributed by atoms with Crippen molar-refractivity contribution in [3.63, 3.8) is 0 Å². The highest BCUT2D eigenvalue weighted by Crippen LogP contribution is 2.31. The van der Waals surface area contributed by atoms with Crippen LogP contribution in [0.15, 0.2) is 71.5 Å². The van der Waals surface area contributed by atoms with Gasteiger partial charge in [-0.05, 0) is 54.8 Å². The van der Waals surface area contributed by atoms with Crippen LogP contribution in [0.25, 0.3) is 0 Å². The minimum absolute atomic E-state index is 0.0958. The van der Waals surface area contributed by atoms with Gasteiger partial charge in [-0.15, -0.1) is 0 Å². The Hall–Kier alpha value is -3.38. The maximum Gasteiger partial charge on any atom is 0.274 e. The van der Waals surface area contributed by atoms with Crippen molar-refractivity contribution in [3.8, 4) is 5.75 Å². The average molecular weight is 459 g/mol. The van der Waals surface area contributed by atoms with Gasteiger partial charge in [0.15, 0.2) is 0 Å². The van der Waals surface area contributed by atoms with Gasteiger partial charge in [0, 0.05) is 36.1 Å². The predicted octanol–water partition coefficient (Wildman–Crippen LogP) is 2.74. The fourth-order valence-electron chi connectivity index (χ4n) is 5.59. The number of ether oxygens (including phenoxy) is 1. The number of pyridine rings is 1. The molecular formula is C28H32N3O3+. The summed E-state index contributed by atoms with van der Waals surface area (Å²) in [5.41, 5.74) is 3.26. The molecule has 1 amide bonds. The van der Waals surface area contributed by atoms with Crippen LogP contribution in [0.2, 0.25) is 0 Å².